The van der Waals surface area contributed by atoms with E-state index < -0.39 is 6.04 Å². The van der Waals surface area contributed by atoms with Gasteiger partial charge in [0, 0.05) is 43.8 Å². The largest absolute Gasteiger partial charge is 0.490 e. The van der Waals surface area contributed by atoms with Crippen LogP contribution in [0.1, 0.15) is 88.1 Å². The molecule has 258 valence electrons. The topological polar surface area (TPSA) is 110 Å². The van der Waals surface area contributed by atoms with E-state index in [0.29, 0.717) is 43.2 Å². The Morgan fingerprint density at radius 2 is 1.74 bits per heavy atom. The number of hydrogen-bond donors (Lipinski definition) is 2. The van der Waals surface area contributed by atoms with Crippen LogP contribution in [0.4, 0.5) is 5.69 Å². The Labute approximate surface area is 279 Å². The molecule has 10 heteroatoms. The summed E-state index contributed by atoms with van der Waals surface area (Å²) in [7, 11) is 2.07. The van der Waals surface area contributed by atoms with E-state index in [9.17, 15) is 14.7 Å². The number of amides is 2. The molecule has 0 spiro atoms. The molecular formula is C37H53N3O7. The number of anilines is 1. The normalized spacial score (nSPS) is 23.5. The highest BCUT2D eigenvalue weighted by Crippen LogP contribution is 2.33. The van der Waals surface area contributed by atoms with Gasteiger partial charge in [0.15, 0.2) is 11.5 Å². The number of fused-ring (bicyclic) bond motifs is 2. The number of aliphatic hydroxyl groups is 1. The van der Waals surface area contributed by atoms with Gasteiger partial charge in [-0.2, -0.15) is 0 Å². The number of carbonyl (C=O) groups excluding carboxylic acids is 2. The van der Waals surface area contributed by atoms with Gasteiger partial charge in [-0.15, -0.1) is 0 Å². The summed E-state index contributed by atoms with van der Waals surface area (Å²) >= 11 is 0. The molecule has 2 aromatic carbocycles. The zero-order valence-corrected chi connectivity index (χ0v) is 28.5. The Hall–Kier alpha value is -3.34. The molecule has 10 nitrogen and oxygen atoms in total. The van der Waals surface area contributed by atoms with Gasteiger partial charge in [0.1, 0.15) is 5.75 Å². The molecule has 2 amide bonds. The maximum Gasteiger partial charge on any atom is 0.258 e. The standard InChI is InChI=1S/C37H53N3O7/c1-25-20-40(26(2)23-41)37(43)31-19-30(38-36(42)29-11-6-5-7-12-29)14-16-32(31)47-27(3)10-8-9-17-44-35(25)22-39(4)21-28-13-15-33-34(18-28)46-24-45-33/h13-16,18-19,25-27,29,35,41H,5-12,17,20-24H2,1-4H3,(H,38,42)/t25-,26-,27+,35+/m0/s1. The summed E-state index contributed by atoms with van der Waals surface area (Å²) in [5.41, 5.74) is 2.09. The zero-order chi connectivity index (χ0) is 33.3. The Morgan fingerprint density at radius 1 is 1.00 bits per heavy atom. The fourth-order valence-electron chi connectivity index (χ4n) is 6.79. The number of ether oxygens (including phenoxy) is 4. The van der Waals surface area contributed by atoms with E-state index in [0.717, 1.165) is 62.0 Å². The predicted octanol–water partition coefficient (Wildman–Crippen LogP) is 5.86. The number of nitrogens with one attached hydrogen (secondary N) is 1. The van der Waals surface area contributed by atoms with Crippen molar-refractivity contribution in [2.24, 2.45) is 11.8 Å². The van der Waals surface area contributed by atoms with Crippen molar-refractivity contribution in [3.63, 3.8) is 0 Å². The van der Waals surface area contributed by atoms with Crippen LogP contribution in [0.25, 0.3) is 0 Å². The Kier molecular flexibility index (Phi) is 12.4. The van der Waals surface area contributed by atoms with E-state index in [1.807, 2.05) is 32.0 Å². The lowest BCUT2D eigenvalue weighted by molar-refractivity contribution is -0.120. The van der Waals surface area contributed by atoms with Gasteiger partial charge < -0.3 is 34.3 Å². The van der Waals surface area contributed by atoms with Crippen molar-refractivity contribution in [1.82, 2.24) is 9.80 Å². The van der Waals surface area contributed by atoms with Crippen LogP contribution in [0.2, 0.25) is 0 Å². The molecule has 2 aromatic rings. The Bertz CT molecular complexity index is 1350. The molecule has 4 atom stereocenters. The van der Waals surface area contributed by atoms with Crippen molar-refractivity contribution < 1.29 is 33.6 Å². The van der Waals surface area contributed by atoms with Crippen LogP contribution in [0, 0.1) is 11.8 Å². The van der Waals surface area contributed by atoms with Crippen molar-refractivity contribution in [3.05, 3.63) is 47.5 Å². The first-order valence-electron chi connectivity index (χ1n) is 17.4. The van der Waals surface area contributed by atoms with Gasteiger partial charge in [-0.25, -0.2) is 0 Å². The minimum atomic E-state index is -0.435. The second kappa shape index (κ2) is 16.7. The van der Waals surface area contributed by atoms with Crippen molar-refractivity contribution in [3.8, 4) is 17.2 Å². The molecule has 1 fully saturated rings. The van der Waals surface area contributed by atoms with Crippen LogP contribution in [0.15, 0.2) is 36.4 Å². The first-order chi connectivity index (χ1) is 22.7. The van der Waals surface area contributed by atoms with E-state index in [1.165, 1.54) is 6.42 Å². The Balaban J connectivity index is 1.36. The summed E-state index contributed by atoms with van der Waals surface area (Å²) in [5.74, 6) is 1.76. The van der Waals surface area contributed by atoms with E-state index in [-0.39, 0.29) is 49.3 Å². The molecule has 2 N–H and O–H groups in total. The maximum absolute atomic E-state index is 14.4. The lowest BCUT2D eigenvalue weighted by Crippen LogP contribution is -2.47. The van der Waals surface area contributed by atoms with Gasteiger partial charge in [0.2, 0.25) is 12.7 Å². The average molecular weight is 652 g/mol. The van der Waals surface area contributed by atoms with Gasteiger partial charge in [-0.05, 0) is 88.9 Å². The molecule has 0 radical (unpaired) electrons. The molecule has 2 heterocycles. The number of carbonyl (C=O) groups is 2. The summed E-state index contributed by atoms with van der Waals surface area (Å²) in [6, 6.07) is 11.0. The monoisotopic (exact) mass is 651 g/mol. The molecule has 0 saturated heterocycles. The number of likely N-dealkylation sites (N-methyl/N-ethyl adjacent to an activating group) is 1. The van der Waals surface area contributed by atoms with E-state index in [1.54, 1.807) is 17.0 Å². The van der Waals surface area contributed by atoms with Gasteiger partial charge >= 0.3 is 0 Å². The fourth-order valence-corrected chi connectivity index (χ4v) is 6.79. The molecule has 0 unspecified atom stereocenters. The average Bonchev–Trinajstić information content (AvgIpc) is 3.54. The van der Waals surface area contributed by atoms with Crippen molar-refractivity contribution in [2.45, 2.75) is 96.9 Å². The van der Waals surface area contributed by atoms with Gasteiger partial charge in [-0.3, -0.25) is 14.5 Å². The highest BCUT2D eigenvalue weighted by atomic mass is 16.7. The predicted molar refractivity (Wildman–Crippen MR) is 181 cm³/mol. The third-order valence-electron chi connectivity index (χ3n) is 9.68. The molecular weight excluding hydrogens is 598 g/mol. The van der Waals surface area contributed by atoms with Gasteiger partial charge in [0.05, 0.1) is 30.4 Å². The number of rotatable bonds is 8. The van der Waals surface area contributed by atoms with Gasteiger partial charge in [-0.1, -0.05) is 32.3 Å². The summed E-state index contributed by atoms with van der Waals surface area (Å²) in [4.78, 5) is 31.5. The molecule has 0 aromatic heterocycles. The quantitative estimate of drug-likeness (QED) is 0.365. The smallest absolute Gasteiger partial charge is 0.258 e. The molecule has 0 bridgehead atoms. The highest BCUT2D eigenvalue weighted by Gasteiger charge is 2.31. The summed E-state index contributed by atoms with van der Waals surface area (Å²) in [6.45, 7) is 8.41. The number of aliphatic hydroxyl groups excluding tert-OH is 1. The lowest BCUT2D eigenvalue weighted by atomic mass is 9.88. The van der Waals surface area contributed by atoms with Crippen LogP contribution in [0.5, 0.6) is 17.2 Å². The first-order valence-corrected chi connectivity index (χ1v) is 17.4. The third kappa shape index (κ3) is 9.39. The zero-order valence-electron chi connectivity index (χ0n) is 28.5. The molecule has 3 aliphatic rings. The molecule has 1 saturated carbocycles. The van der Waals surface area contributed by atoms with Crippen LogP contribution in [-0.4, -0.2) is 85.1 Å². The van der Waals surface area contributed by atoms with Crippen molar-refractivity contribution >= 4 is 17.5 Å². The van der Waals surface area contributed by atoms with E-state index >= 15 is 0 Å². The van der Waals surface area contributed by atoms with E-state index in [4.69, 9.17) is 18.9 Å². The van der Waals surface area contributed by atoms with E-state index in [2.05, 4.69) is 30.3 Å². The van der Waals surface area contributed by atoms with Gasteiger partial charge in [0.25, 0.3) is 5.91 Å². The minimum absolute atomic E-state index is 0.00346. The van der Waals surface area contributed by atoms with Crippen LogP contribution in [0.3, 0.4) is 0 Å². The van der Waals surface area contributed by atoms with Crippen LogP contribution >= 0.6 is 0 Å². The van der Waals surface area contributed by atoms with Crippen LogP contribution in [-0.2, 0) is 16.1 Å². The second-order valence-electron chi connectivity index (χ2n) is 13.7. The summed E-state index contributed by atoms with van der Waals surface area (Å²) in [5, 5.41) is 13.3. The number of hydrogen-bond acceptors (Lipinski definition) is 8. The fraction of sp³-hybridized carbons (Fsp3) is 0.622. The minimum Gasteiger partial charge on any atom is -0.490 e. The number of nitrogens with zero attached hydrogens (tertiary/aromatic N) is 2. The SMILES string of the molecule is C[C@@H]1CCCCO[C@H](CN(C)Cc2ccc3c(c2)OCO3)[C@@H](C)CN([C@@H](C)CO)C(=O)c2cc(NC(=O)C3CCCCC3)ccc2O1. The summed E-state index contributed by atoms with van der Waals surface area (Å²) in [6.07, 6.45) is 7.49. The summed E-state index contributed by atoms with van der Waals surface area (Å²) < 4.78 is 23.9. The third-order valence-corrected chi connectivity index (χ3v) is 9.68. The maximum atomic E-state index is 14.4. The molecule has 2 aliphatic heterocycles. The lowest BCUT2D eigenvalue weighted by Gasteiger charge is -2.36. The van der Waals surface area contributed by atoms with Crippen molar-refractivity contribution in [1.29, 1.82) is 0 Å². The Morgan fingerprint density at radius 3 is 2.53 bits per heavy atom. The highest BCUT2D eigenvalue weighted by molar-refractivity contribution is 6.00. The number of benzene rings is 2. The molecule has 5 rings (SSSR count). The first kappa shape index (κ1) is 35.0. The van der Waals surface area contributed by atoms with Crippen molar-refractivity contribution in [2.75, 3.05) is 45.5 Å². The molecule has 1 aliphatic carbocycles. The molecule has 47 heavy (non-hydrogen) atoms. The second-order valence-corrected chi connectivity index (χ2v) is 13.7. The van der Waals surface area contributed by atoms with Crippen LogP contribution < -0.4 is 19.5 Å².